The first-order valence-corrected chi connectivity index (χ1v) is 6.27. The number of amides is 1. The van der Waals surface area contributed by atoms with E-state index in [1.165, 1.54) is 37.3 Å². The van der Waals surface area contributed by atoms with E-state index in [4.69, 9.17) is 0 Å². The van der Waals surface area contributed by atoms with Crippen LogP contribution in [0.15, 0.2) is 36.4 Å². The van der Waals surface area contributed by atoms with Gasteiger partial charge in [-0.25, -0.2) is 4.39 Å². The van der Waals surface area contributed by atoms with E-state index in [9.17, 15) is 19.4 Å². The Hall–Kier alpha value is -2.76. The van der Waals surface area contributed by atoms with Gasteiger partial charge in [0.15, 0.2) is 0 Å². The second-order valence-corrected chi connectivity index (χ2v) is 4.54. The monoisotopic (exact) mass is 290 g/mol. The van der Waals surface area contributed by atoms with Crippen molar-refractivity contribution < 1.29 is 19.4 Å². The van der Waals surface area contributed by atoms with E-state index in [0.717, 1.165) is 0 Å². The molecule has 0 aliphatic rings. The summed E-state index contributed by atoms with van der Waals surface area (Å²) in [5.74, 6) is -0.942. The van der Waals surface area contributed by atoms with Crippen molar-refractivity contribution in [2.75, 3.05) is 10.6 Å². The highest BCUT2D eigenvalue weighted by atomic mass is 19.1. The number of aromatic hydroxyl groups is 2. The summed E-state index contributed by atoms with van der Waals surface area (Å²) in [5, 5.41) is 24.3. The van der Waals surface area contributed by atoms with Crippen LogP contribution in [0.4, 0.5) is 15.8 Å². The number of hydrogen-bond donors (Lipinski definition) is 4. The van der Waals surface area contributed by atoms with Crippen molar-refractivity contribution in [3.05, 3.63) is 47.8 Å². The van der Waals surface area contributed by atoms with Crippen molar-refractivity contribution in [1.29, 1.82) is 0 Å². The van der Waals surface area contributed by atoms with Gasteiger partial charge in [0.1, 0.15) is 17.3 Å². The van der Waals surface area contributed by atoms with E-state index in [2.05, 4.69) is 10.6 Å². The average Bonchev–Trinajstić information content (AvgIpc) is 2.40. The number of carbonyl (C=O) groups is 1. The van der Waals surface area contributed by atoms with Crippen molar-refractivity contribution in [3.63, 3.8) is 0 Å². The highest BCUT2D eigenvalue weighted by Crippen LogP contribution is 2.24. The van der Waals surface area contributed by atoms with Gasteiger partial charge in [-0.05, 0) is 30.3 Å². The standard InChI is InChI=1S/C15H15FN2O3/c1-9(19)18-14-6-11(3-5-13(14)16)17-8-10-2-4-12(20)7-15(10)21/h2-7,17,20-21H,8H2,1H3,(H,18,19). The zero-order valence-corrected chi connectivity index (χ0v) is 11.4. The van der Waals surface area contributed by atoms with Crippen LogP contribution in [-0.4, -0.2) is 16.1 Å². The minimum Gasteiger partial charge on any atom is -0.508 e. The molecule has 4 N–H and O–H groups in total. The average molecular weight is 290 g/mol. The lowest BCUT2D eigenvalue weighted by molar-refractivity contribution is -0.114. The largest absolute Gasteiger partial charge is 0.508 e. The van der Waals surface area contributed by atoms with Crippen LogP contribution in [0.2, 0.25) is 0 Å². The number of anilines is 2. The minimum atomic E-state index is -0.525. The molecule has 0 aliphatic carbocycles. The topological polar surface area (TPSA) is 81.6 Å². The molecule has 0 unspecified atom stereocenters. The number of benzene rings is 2. The van der Waals surface area contributed by atoms with Crippen LogP contribution < -0.4 is 10.6 Å². The predicted molar refractivity (Wildman–Crippen MR) is 77.8 cm³/mol. The third kappa shape index (κ3) is 3.85. The van der Waals surface area contributed by atoms with Gasteiger partial charge in [0.05, 0.1) is 5.69 Å². The Kier molecular flexibility index (Phi) is 4.27. The van der Waals surface area contributed by atoms with Crippen molar-refractivity contribution >= 4 is 17.3 Å². The first kappa shape index (κ1) is 14.6. The number of hydrogen-bond acceptors (Lipinski definition) is 4. The molecule has 0 spiro atoms. The summed E-state index contributed by atoms with van der Waals surface area (Å²) < 4.78 is 13.5. The molecule has 2 rings (SSSR count). The molecule has 21 heavy (non-hydrogen) atoms. The zero-order valence-electron chi connectivity index (χ0n) is 11.4. The third-order valence-electron chi connectivity index (χ3n) is 2.83. The summed E-state index contributed by atoms with van der Waals surface area (Å²) in [4.78, 5) is 11.0. The van der Waals surface area contributed by atoms with Crippen LogP contribution in [0.25, 0.3) is 0 Å². The van der Waals surface area contributed by atoms with E-state index >= 15 is 0 Å². The summed E-state index contributed by atoms with van der Waals surface area (Å²) >= 11 is 0. The molecule has 0 saturated heterocycles. The Bertz CT molecular complexity index is 674. The quantitative estimate of drug-likeness (QED) is 0.698. The first-order valence-electron chi connectivity index (χ1n) is 6.27. The number of rotatable bonds is 4. The lowest BCUT2D eigenvalue weighted by atomic mass is 10.2. The summed E-state index contributed by atoms with van der Waals surface area (Å²) in [6, 6.07) is 8.51. The Morgan fingerprint density at radius 2 is 1.95 bits per heavy atom. The maximum absolute atomic E-state index is 13.5. The van der Waals surface area contributed by atoms with Crippen LogP contribution in [0.3, 0.4) is 0 Å². The summed E-state index contributed by atoms with van der Waals surface area (Å²) in [6.45, 7) is 1.59. The molecule has 2 aromatic rings. The van der Waals surface area contributed by atoms with Crippen LogP contribution in [0, 0.1) is 5.82 Å². The van der Waals surface area contributed by atoms with Gasteiger partial charge < -0.3 is 20.8 Å². The van der Waals surface area contributed by atoms with Gasteiger partial charge in [0.25, 0.3) is 0 Å². The van der Waals surface area contributed by atoms with Gasteiger partial charge in [-0.1, -0.05) is 0 Å². The highest BCUT2D eigenvalue weighted by molar-refractivity contribution is 5.89. The number of phenols is 2. The number of phenolic OH excluding ortho intramolecular Hbond substituents is 2. The number of carbonyl (C=O) groups excluding carboxylic acids is 1. The molecule has 0 fully saturated rings. The third-order valence-corrected chi connectivity index (χ3v) is 2.83. The number of nitrogens with one attached hydrogen (secondary N) is 2. The van der Waals surface area contributed by atoms with Crippen LogP contribution in [0.1, 0.15) is 12.5 Å². The molecule has 0 atom stereocenters. The van der Waals surface area contributed by atoms with Crippen molar-refractivity contribution in [2.24, 2.45) is 0 Å². The maximum Gasteiger partial charge on any atom is 0.221 e. The van der Waals surface area contributed by atoms with Gasteiger partial charge in [-0.15, -0.1) is 0 Å². The lowest BCUT2D eigenvalue weighted by Gasteiger charge is -2.11. The molecule has 1 amide bonds. The first-order chi connectivity index (χ1) is 9.95. The molecule has 0 saturated carbocycles. The fourth-order valence-electron chi connectivity index (χ4n) is 1.82. The van der Waals surface area contributed by atoms with Crippen LogP contribution in [-0.2, 0) is 11.3 Å². The van der Waals surface area contributed by atoms with E-state index < -0.39 is 5.82 Å². The Balaban J connectivity index is 2.11. The molecule has 0 heterocycles. The van der Waals surface area contributed by atoms with Crippen molar-refractivity contribution in [2.45, 2.75) is 13.5 Å². The van der Waals surface area contributed by atoms with E-state index in [-0.39, 0.29) is 29.6 Å². The van der Waals surface area contributed by atoms with Gasteiger partial charge >= 0.3 is 0 Å². The summed E-state index contributed by atoms with van der Waals surface area (Å²) in [7, 11) is 0. The Morgan fingerprint density at radius 3 is 2.62 bits per heavy atom. The fraction of sp³-hybridized carbons (Fsp3) is 0.133. The zero-order chi connectivity index (χ0) is 15.4. The SMILES string of the molecule is CC(=O)Nc1cc(NCc2ccc(O)cc2O)ccc1F. The second-order valence-electron chi connectivity index (χ2n) is 4.54. The van der Waals surface area contributed by atoms with E-state index in [0.29, 0.717) is 11.3 Å². The molecule has 0 bridgehead atoms. The Labute approximate surface area is 121 Å². The lowest BCUT2D eigenvalue weighted by Crippen LogP contribution is -2.08. The minimum absolute atomic E-state index is 0.0222. The predicted octanol–water partition coefficient (Wildman–Crippen LogP) is 2.81. The van der Waals surface area contributed by atoms with Crippen LogP contribution in [0.5, 0.6) is 11.5 Å². The molecule has 0 aliphatic heterocycles. The molecule has 110 valence electrons. The highest BCUT2D eigenvalue weighted by Gasteiger charge is 2.06. The van der Waals surface area contributed by atoms with E-state index in [1.54, 1.807) is 6.07 Å². The molecular weight excluding hydrogens is 275 g/mol. The molecule has 0 radical (unpaired) electrons. The van der Waals surface area contributed by atoms with Crippen LogP contribution >= 0.6 is 0 Å². The summed E-state index contributed by atoms with van der Waals surface area (Å²) in [5.41, 5.74) is 1.26. The van der Waals surface area contributed by atoms with Gasteiger partial charge in [-0.2, -0.15) is 0 Å². The smallest absolute Gasteiger partial charge is 0.221 e. The number of halogens is 1. The Morgan fingerprint density at radius 1 is 1.19 bits per heavy atom. The molecule has 6 heteroatoms. The normalized spacial score (nSPS) is 10.2. The molecular formula is C15H15FN2O3. The molecule has 0 aromatic heterocycles. The van der Waals surface area contributed by atoms with E-state index in [1.807, 2.05) is 0 Å². The van der Waals surface area contributed by atoms with Crippen molar-refractivity contribution in [3.8, 4) is 11.5 Å². The van der Waals surface area contributed by atoms with Gasteiger partial charge in [0.2, 0.25) is 5.91 Å². The van der Waals surface area contributed by atoms with Gasteiger partial charge in [-0.3, -0.25) is 4.79 Å². The fourth-order valence-corrected chi connectivity index (χ4v) is 1.82. The van der Waals surface area contributed by atoms with Gasteiger partial charge in [0, 0.05) is 30.8 Å². The summed E-state index contributed by atoms with van der Waals surface area (Å²) in [6.07, 6.45) is 0. The maximum atomic E-state index is 13.5. The second kappa shape index (κ2) is 6.13. The van der Waals surface area contributed by atoms with Crippen molar-refractivity contribution in [1.82, 2.24) is 0 Å². The molecule has 2 aromatic carbocycles. The molecule has 5 nitrogen and oxygen atoms in total.